The van der Waals surface area contributed by atoms with E-state index in [0.29, 0.717) is 5.75 Å². The average Bonchev–Trinajstić information content (AvgIpc) is 1.94. The van der Waals surface area contributed by atoms with E-state index in [1.165, 1.54) is 0 Å². The minimum atomic E-state index is -3.49. The predicted octanol–water partition coefficient (Wildman–Crippen LogP) is 4.27. The zero-order chi connectivity index (χ0) is 10.1. The van der Waals surface area contributed by atoms with Gasteiger partial charge in [-0.2, -0.15) is 0 Å². The van der Waals surface area contributed by atoms with Crippen molar-refractivity contribution in [1.29, 1.82) is 0 Å². The Hall–Kier alpha value is -0.170. The number of benzene rings is 1. The molecule has 0 heterocycles. The summed E-state index contributed by atoms with van der Waals surface area (Å²) in [5.41, 5.74) is 1.86. The van der Waals surface area contributed by atoms with Crippen molar-refractivity contribution in [1.82, 2.24) is 0 Å². The van der Waals surface area contributed by atoms with E-state index in [-0.39, 0.29) is 0 Å². The molecule has 0 radical (unpaired) electrons. The minimum absolute atomic E-state index is 0.466. The molecule has 1 rings (SSSR count). The number of hydrogen-bond acceptors (Lipinski definition) is 2. The molecule has 0 amide bonds. The summed E-state index contributed by atoms with van der Waals surface area (Å²) >= 11 is 10.6. The van der Waals surface area contributed by atoms with E-state index >= 15 is 0 Å². The number of rotatable bonds is 2. The maximum absolute atomic E-state index is 11.0. The fraction of sp³-hybridized carbons (Fsp3) is 0.250. The first-order valence-electron chi connectivity index (χ1n) is 3.65. The van der Waals surface area contributed by atoms with Crippen LogP contribution in [0.4, 0.5) is 0 Å². The van der Waals surface area contributed by atoms with E-state index in [0.717, 1.165) is 11.1 Å². The van der Waals surface area contributed by atoms with Crippen molar-refractivity contribution in [2.75, 3.05) is 0 Å². The molecule has 2 nitrogen and oxygen atoms in total. The van der Waals surface area contributed by atoms with Gasteiger partial charge in [-0.15, -0.1) is 0 Å². The van der Waals surface area contributed by atoms with Crippen LogP contribution in [-0.2, 0) is 4.57 Å². The Bertz CT molecular complexity index is 359. The molecule has 0 N–H and O–H groups in total. The van der Waals surface area contributed by atoms with Crippen LogP contribution in [-0.4, -0.2) is 0 Å². The minimum Gasteiger partial charge on any atom is -0.422 e. The lowest BCUT2D eigenvalue weighted by Crippen LogP contribution is -1.86. The van der Waals surface area contributed by atoms with Gasteiger partial charge in [0.1, 0.15) is 5.75 Å². The number of halogens is 2. The van der Waals surface area contributed by atoms with Gasteiger partial charge in [-0.1, -0.05) is 12.1 Å². The van der Waals surface area contributed by atoms with Gasteiger partial charge in [0.15, 0.2) is 0 Å². The second-order valence-electron chi connectivity index (χ2n) is 2.77. The highest BCUT2D eigenvalue weighted by Gasteiger charge is 2.17. The predicted molar refractivity (Wildman–Crippen MR) is 55.9 cm³/mol. The molecule has 0 atom stereocenters. The van der Waals surface area contributed by atoms with Gasteiger partial charge < -0.3 is 4.52 Å². The van der Waals surface area contributed by atoms with Crippen molar-refractivity contribution in [2.24, 2.45) is 0 Å². The van der Waals surface area contributed by atoms with Gasteiger partial charge in [0, 0.05) is 22.5 Å². The van der Waals surface area contributed by atoms with Crippen LogP contribution >= 0.6 is 28.6 Å². The fourth-order valence-corrected chi connectivity index (χ4v) is 1.79. The Balaban J connectivity index is 3.01. The number of aryl methyl sites for hydroxylation is 2. The van der Waals surface area contributed by atoms with Crippen molar-refractivity contribution in [3.8, 4) is 5.75 Å². The van der Waals surface area contributed by atoms with Gasteiger partial charge in [0.25, 0.3) is 0 Å². The molecule has 0 aromatic heterocycles. The normalized spacial score (nSPS) is 11.4. The lowest BCUT2D eigenvalue weighted by Gasteiger charge is -2.09. The van der Waals surface area contributed by atoms with Gasteiger partial charge in [0.2, 0.25) is 0 Å². The van der Waals surface area contributed by atoms with E-state index in [2.05, 4.69) is 0 Å². The SMILES string of the molecule is Cc1ccc(C)c(OP(=O)(Cl)Cl)c1. The molecule has 0 aliphatic heterocycles. The summed E-state index contributed by atoms with van der Waals surface area (Å²) in [7, 11) is 0. The zero-order valence-electron chi connectivity index (χ0n) is 7.25. The largest absolute Gasteiger partial charge is 0.428 e. The lowest BCUT2D eigenvalue weighted by molar-refractivity contribution is 0.511. The molecular weight excluding hydrogens is 230 g/mol. The van der Waals surface area contributed by atoms with E-state index in [1.54, 1.807) is 6.07 Å². The molecular formula is C8H9Cl2O2P. The highest BCUT2D eigenvalue weighted by atomic mass is 35.9. The van der Waals surface area contributed by atoms with Crippen molar-refractivity contribution in [2.45, 2.75) is 13.8 Å². The smallest absolute Gasteiger partial charge is 0.422 e. The maximum Gasteiger partial charge on any atom is 0.428 e. The van der Waals surface area contributed by atoms with Crippen molar-refractivity contribution in [3.63, 3.8) is 0 Å². The van der Waals surface area contributed by atoms with Gasteiger partial charge >= 0.3 is 6.07 Å². The monoisotopic (exact) mass is 238 g/mol. The van der Waals surface area contributed by atoms with Gasteiger partial charge in [-0.05, 0) is 31.0 Å². The summed E-state index contributed by atoms with van der Waals surface area (Å²) in [5, 5.41) is 0. The second-order valence-corrected chi connectivity index (χ2v) is 6.98. The van der Waals surface area contributed by atoms with Gasteiger partial charge in [0.05, 0.1) is 0 Å². The Labute approximate surface area is 86.8 Å². The Morgan fingerprint density at radius 2 is 1.92 bits per heavy atom. The Kier molecular flexibility index (Phi) is 3.28. The van der Waals surface area contributed by atoms with Crippen LogP contribution in [0.5, 0.6) is 5.75 Å². The molecule has 72 valence electrons. The van der Waals surface area contributed by atoms with Crippen LogP contribution in [0.15, 0.2) is 18.2 Å². The molecule has 0 aliphatic rings. The average molecular weight is 239 g/mol. The van der Waals surface area contributed by atoms with E-state index in [4.69, 9.17) is 27.0 Å². The molecule has 0 aliphatic carbocycles. The lowest BCUT2D eigenvalue weighted by atomic mass is 10.1. The standard InChI is InChI=1S/C8H9Cl2O2P/c1-6-3-4-7(2)8(5-6)12-13(9,10)11/h3-5H,1-2H3. The molecule has 1 aromatic rings. The topological polar surface area (TPSA) is 26.3 Å². The summed E-state index contributed by atoms with van der Waals surface area (Å²) in [6, 6.07) is 5.52. The molecule has 0 fully saturated rings. The molecule has 0 spiro atoms. The third-order valence-corrected chi connectivity index (χ3v) is 2.37. The molecule has 0 saturated heterocycles. The maximum atomic E-state index is 11.0. The zero-order valence-corrected chi connectivity index (χ0v) is 9.66. The van der Waals surface area contributed by atoms with Crippen LogP contribution in [0.3, 0.4) is 0 Å². The van der Waals surface area contributed by atoms with E-state index in [1.807, 2.05) is 26.0 Å². The molecule has 0 bridgehead atoms. The van der Waals surface area contributed by atoms with Crippen molar-refractivity contribution in [3.05, 3.63) is 29.3 Å². The third-order valence-electron chi connectivity index (χ3n) is 1.55. The van der Waals surface area contributed by atoms with Gasteiger partial charge in [-0.25, -0.2) is 4.57 Å². The van der Waals surface area contributed by atoms with Crippen LogP contribution in [0.25, 0.3) is 0 Å². The van der Waals surface area contributed by atoms with Gasteiger partial charge in [-0.3, -0.25) is 0 Å². The van der Waals surface area contributed by atoms with Crippen molar-refractivity contribution < 1.29 is 9.09 Å². The first kappa shape index (κ1) is 10.9. The summed E-state index contributed by atoms with van der Waals surface area (Å²) in [6.45, 7) is 3.73. The second kappa shape index (κ2) is 3.91. The third kappa shape index (κ3) is 3.60. The molecule has 1 aromatic carbocycles. The van der Waals surface area contributed by atoms with Crippen LogP contribution < -0.4 is 4.52 Å². The summed E-state index contributed by atoms with van der Waals surface area (Å²) in [4.78, 5) is 0. The highest BCUT2D eigenvalue weighted by Crippen LogP contribution is 2.57. The molecule has 0 unspecified atom stereocenters. The van der Waals surface area contributed by atoms with Crippen molar-refractivity contribution >= 4 is 28.6 Å². The molecule has 5 heteroatoms. The Morgan fingerprint density at radius 3 is 2.46 bits per heavy atom. The first-order valence-corrected chi connectivity index (χ1v) is 7.08. The van der Waals surface area contributed by atoms with E-state index in [9.17, 15) is 4.57 Å². The quantitative estimate of drug-likeness (QED) is 0.720. The molecule has 0 saturated carbocycles. The van der Waals surface area contributed by atoms with E-state index < -0.39 is 6.07 Å². The summed E-state index contributed by atoms with van der Waals surface area (Å²) in [6.07, 6.45) is -3.49. The molecule has 13 heavy (non-hydrogen) atoms. The number of hydrogen-bond donors (Lipinski definition) is 0. The summed E-state index contributed by atoms with van der Waals surface area (Å²) in [5.74, 6) is 0.466. The van der Waals surface area contributed by atoms with Crippen LogP contribution in [0.1, 0.15) is 11.1 Å². The van der Waals surface area contributed by atoms with Crippen LogP contribution in [0, 0.1) is 13.8 Å². The first-order chi connectivity index (χ1) is 5.88. The summed E-state index contributed by atoms with van der Waals surface area (Å²) < 4.78 is 15.9. The Morgan fingerprint density at radius 1 is 1.31 bits per heavy atom. The van der Waals surface area contributed by atoms with Crippen LogP contribution in [0.2, 0.25) is 0 Å². The highest BCUT2D eigenvalue weighted by molar-refractivity contribution is 8.05. The fourth-order valence-electron chi connectivity index (χ4n) is 0.920.